The van der Waals surface area contributed by atoms with Gasteiger partial charge in [-0.05, 0) is 43.7 Å². The molecule has 1 aliphatic rings. The van der Waals surface area contributed by atoms with Gasteiger partial charge in [0.2, 0.25) is 0 Å². The van der Waals surface area contributed by atoms with Crippen molar-refractivity contribution in [3.05, 3.63) is 30.1 Å². The zero-order valence-electron chi connectivity index (χ0n) is 10.7. The molecule has 1 atom stereocenters. The lowest BCUT2D eigenvalue weighted by molar-refractivity contribution is -0.138. The number of rotatable bonds is 5. The highest BCUT2D eigenvalue weighted by Crippen LogP contribution is 2.18. The van der Waals surface area contributed by atoms with Crippen LogP contribution >= 0.6 is 0 Å². The number of likely N-dealkylation sites (tertiary alicyclic amines) is 1. The molecule has 1 aromatic rings. The molecular weight excluding hydrogens is 249 g/mol. The molecule has 0 amide bonds. The van der Waals surface area contributed by atoms with Gasteiger partial charge in [0, 0.05) is 12.5 Å². The van der Waals surface area contributed by atoms with Crippen LogP contribution in [0.2, 0.25) is 0 Å². The van der Waals surface area contributed by atoms with E-state index in [1.54, 1.807) is 12.1 Å². The van der Waals surface area contributed by atoms with Gasteiger partial charge in [0.1, 0.15) is 11.6 Å². The number of ether oxygens (including phenoxy) is 1. The average Bonchev–Trinajstić information content (AvgIpc) is 2.38. The Morgan fingerprint density at radius 2 is 2.16 bits per heavy atom. The van der Waals surface area contributed by atoms with Crippen LogP contribution in [-0.2, 0) is 4.79 Å². The molecule has 1 N–H and O–H groups in total. The fraction of sp³-hybridized carbons (Fsp3) is 0.500. The number of carboxylic acid groups (broad SMARTS) is 1. The van der Waals surface area contributed by atoms with Gasteiger partial charge in [-0.25, -0.2) is 4.39 Å². The first-order valence-electron chi connectivity index (χ1n) is 6.46. The van der Waals surface area contributed by atoms with E-state index >= 15 is 0 Å². The molecule has 19 heavy (non-hydrogen) atoms. The van der Waals surface area contributed by atoms with Gasteiger partial charge >= 0.3 is 5.97 Å². The van der Waals surface area contributed by atoms with E-state index in [4.69, 9.17) is 9.84 Å². The molecule has 1 aliphatic heterocycles. The molecule has 5 heteroatoms. The van der Waals surface area contributed by atoms with Gasteiger partial charge in [-0.15, -0.1) is 0 Å². The van der Waals surface area contributed by atoms with Crippen molar-refractivity contribution < 1.29 is 19.0 Å². The molecule has 0 radical (unpaired) electrons. The quantitative estimate of drug-likeness (QED) is 0.886. The Hall–Kier alpha value is -1.62. The number of benzene rings is 1. The summed E-state index contributed by atoms with van der Waals surface area (Å²) in [6.45, 7) is 2.21. The van der Waals surface area contributed by atoms with Gasteiger partial charge in [-0.1, -0.05) is 0 Å². The smallest absolute Gasteiger partial charge is 0.317 e. The molecule has 0 saturated carbocycles. The van der Waals surface area contributed by atoms with E-state index in [1.165, 1.54) is 12.1 Å². The highest BCUT2D eigenvalue weighted by molar-refractivity contribution is 5.69. The SMILES string of the molecule is O=C(O)CN1CCCC(COc2ccc(F)cc2)C1. The Balaban J connectivity index is 1.79. The predicted octanol–water partition coefficient (Wildman–Crippen LogP) is 2.00. The number of carboxylic acids is 1. The average molecular weight is 267 g/mol. The van der Waals surface area contributed by atoms with Gasteiger partial charge in [0.05, 0.1) is 13.2 Å². The molecule has 4 nitrogen and oxygen atoms in total. The van der Waals surface area contributed by atoms with Crippen molar-refractivity contribution in [1.82, 2.24) is 4.90 Å². The summed E-state index contributed by atoms with van der Waals surface area (Å²) in [5.41, 5.74) is 0. The second-order valence-corrected chi connectivity index (χ2v) is 4.90. The summed E-state index contributed by atoms with van der Waals surface area (Å²) < 4.78 is 18.3. The molecule has 1 unspecified atom stereocenters. The van der Waals surface area contributed by atoms with E-state index in [9.17, 15) is 9.18 Å². The molecule has 0 spiro atoms. The fourth-order valence-corrected chi connectivity index (χ4v) is 2.37. The highest BCUT2D eigenvalue weighted by atomic mass is 19.1. The van der Waals surface area contributed by atoms with Crippen LogP contribution in [0.1, 0.15) is 12.8 Å². The number of halogens is 1. The molecule has 1 heterocycles. The van der Waals surface area contributed by atoms with Crippen molar-refractivity contribution in [1.29, 1.82) is 0 Å². The molecule has 1 fully saturated rings. The summed E-state index contributed by atoms with van der Waals surface area (Å²) in [4.78, 5) is 12.6. The zero-order valence-corrected chi connectivity index (χ0v) is 10.7. The van der Waals surface area contributed by atoms with E-state index in [2.05, 4.69) is 0 Å². The minimum absolute atomic E-state index is 0.0903. The molecule has 1 aromatic carbocycles. The van der Waals surface area contributed by atoms with Crippen molar-refractivity contribution in [3.63, 3.8) is 0 Å². The molecule has 2 rings (SSSR count). The fourth-order valence-electron chi connectivity index (χ4n) is 2.37. The predicted molar refractivity (Wildman–Crippen MR) is 68.7 cm³/mol. The largest absolute Gasteiger partial charge is 0.493 e. The lowest BCUT2D eigenvalue weighted by atomic mass is 9.99. The maximum atomic E-state index is 12.7. The van der Waals surface area contributed by atoms with Crippen LogP contribution in [0.25, 0.3) is 0 Å². The van der Waals surface area contributed by atoms with Crippen LogP contribution in [0.3, 0.4) is 0 Å². The van der Waals surface area contributed by atoms with Crippen LogP contribution < -0.4 is 4.74 Å². The number of carbonyl (C=O) groups is 1. The normalized spacial score (nSPS) is 20.2. The van der Waals surface area contributed by atoms with Crippen LogP contribution in [0.4, 0.5) is 4.39 Å². The number of hydrogen-bond acceptors (Lipinski definition) is 3. The first-order chi connectivity index (χ1) is 9.13. The Morgan fingerprint density at radius 3 is 2.84 bits per heavy atom. The van der Waals surface area contributed by atoms with Crippen LogP contribution in [-0.4, -0.2) is 42.2 Å². The topological polar surface area (TPSA) is 49.8 Å². The maximum absolute atomic E-state index is 12.7. The third-order valence-electron chi connectivity index (χ3n) is 3.26. The molecule has 104 valence electrons. The van der Waals surface area contributed by atoms with Crippen LogP contribution in [0.15, 0.2) is 24.3 Å². The van der Waals surface area contributed by atoms with Gasteiger partial charge in [-0.3, -0.25) is 9.69 Å². The van der Waals surface area contributed by atoms with Crippen molar-refractivity contribution in [2.45, 2.75) is 12.8 Å². The third-order valence-corrected chi connectivity index (χ3v) is 3.26. The lowest BCUT2D eigenvalue weighted by Gasteiger charge is -2.31. The second-order valence-electron chi connectivity index (χ2n) is 4.90. The van der Waals surface area contributed by atoms with Gasteiger partial charge in [-0.2, -0.15) is 0 Å². The van der Waals surface area contributed by atoms with E-state index in [0.717, 1.165) is 25.9 Å². The van der Waals surface area contributed by atoms with E-state index in [0.29, 0.717) is 18.3 Å². The van der Waals surface area contributed by atoms with E-state index in [-0.39, 0.29) is 12.4 Å². The number of hydrogen-bond donors (Lipinski definition) is 1. The van der Waals surface area contributed by atoms with Crippen LogP contribution in [0, 0.1) is 11.7 Å². The Labute approximate surface area is 111 Å². The summed E-state index contributed by atoms with van der Waals surface area (Å²) in [7, 11) is 0. The molecule has 0 aromatic heterocycles. The van der Waals surface area contributed by atoms with E-state index < -0.39 is 5.97 Å². The maximum Gasteiger partial charge on any atom is 0.317 e. The first-order valence-corrected chi connectivity index (χ1v) is 6.46. The minimum atomic E-state index is -0.792. The Kier molecular flexibility index (Phi) is 4.74. The van der Waals surface area contributed by atoms with Crippen molar-refractivity contribution >= 4 is 5.97 Å². The summed E-state index contributed by atoms with van der Waals surface area (Å²) in [5, 5.41) is 8.78. The van der Waals surface area contributed by atoms with Crippen molar-refractivity contribution in [2.24, 2.45) is 5.92 Å². The standard InChI is InChI=1S/C14H18FNO3/c15-12-3-5-13(6-4-12)19-10-11-2-1-7-16(8-11)9-14(17)18/h3-6,11H,1-2,7-10H2,(H,17,18). The number of aliphatic carboxylic acids is 1. The summed E-state index contributed by atoms with van der Waals surface area (Å²) in [6.07, 6.45) is 2.03. The molecular formula is C14H18FNO3. The number of nitrogens with zero attached hydrogens (tertiary/aromatic N) is 1. The Morgan fingerprint density at radius 1 is 1.42 bits per heavy atom. The number of piperidine rings is 1. The van der Waals surface area contributed by atoms with Gasteiger partial charge in [0.25, 0.3) is 0 Å². The molecule has 1 saturated heterocycles. The zero-order chi connectivity index (χ0) is 13.7. The second kappa shape index (κ2) is 6.52. The first kappa shape index (κ1) is 13.8. The van der Waals surface area contributed by atoms with Gasteiger partial charge in [0.15, 0.2) is 0 Å². The summed E-state index contributed by atoms with van der Waals surface area (Å²) in [5.74, 6) is -0.0901. The Bertz CT molecular complexity index is 421. The van der Waals surface area contributed by atoms with Gasteiger partial charge < -0.3 is 9.84 Å². The summed E-state index contributed by atoms with van der Waals surface area (Å²) >= 11 is 0. The minimum Gasteiger partial charge on any atom is -0.493 e. The van der Waals surface area contributed by atoms with Crippen molar-refractivity contribution in [3.8, 4) is 5.75 Å². The monoisotopic (exact) mass is 267 g/mol. The van der Waals surface area contributed by atoms with Crippen molar-refractivity contribution in [2.75, 3.05) is 26.2 Å². The molecule has 0 bridgehead atoms. The lowest BCUT2D eigenvalue weighted by Crippen LogP contribution is -2.40. The summed E-state index contributed by atoms with van der Waals surface area (Å²) in [6, 6.07) is 5.94. The van der Waals surface area contributed by atoms with Crippen LogP contribution in [0.5, 0.6) is 5.75 Å². The van der Waals surface area contributed by atoms with E-state index in [1.807, 2.05) is 4.90 Å². The molecule has 0 aliphatic carbocycles. The third kappa shape index (κ3) is 4.52. The highest BCUT2D eigenvalue weighted by Gasteiger charge is 2.21.